The predicted octanol–water partition coefficient (Wildman–Crippen LogP) is 3.74. The zero-order chi connectivity index (χ0) is 18.6. The fourth-order valence-corrected chi connectivity index (χ4v) is 4.26. The molecule has 2 atom stereocenters. The molecule has 1 aliphatic carbocycles. The summed E-state index contributed by atoms with van der Waals surface area (Å²) >= 11 is 0. The maximum absolute atomic E-state index is 11.4. The Morgan fingerprint density at radius 2 is 1.74 bits per heavy atom. The van der Waals surface area contributed by atoms with Crippen LogP contribution >= 0.6 is 0 Å². The number of rotatable bonds is 7. The van der Waals surface area contributed by atoms with Gasteiger partial charge in [0.05, 0.1) is 5.56 Å². The van der Waals surface area contributed by atoms with Crippen molar-refractivity contribution < 1.29 is 9.90 Å². The van der Waals surface area contributed by atoms with Gasteiger partial charge in [-0.25, -0.2) is 4.79 Å². The third-order valence-corrected chi connectivity index (χ3v) is 6.04. The highest BCUT2D eigenvalue weighted by Gasteiger charge is 2.38. The van der Waals surface area contributed by atoms with Crippen molar-refractivity contribution >= 4 is 5.97 Å². The van der Waals surface area contributed by atoms with Crippen molar-refractivity contribution in [2.24, 2.45) is 5.92 Å². The summed E-state index contributed by atoms with van der Waals surface area (Å²) in [5.74, 6) is 0.592. The van der Waals surface area contributed by atoms with E-state index in [4.69, 9.17) is 0 Å². The van der Waals surface area contributed by atoms with Gasteiger partial charge in [-0.3, -0.25) is 4.90 Å². The summed E-state index contributed by atoms with van der Waals surface area (Å²) in [6.07, 6.45) is 3.63. The van der Waals surface area contributed by atoms with Gasteiger partial charge in [-0.05, 0) is 62.0 Å². The molecule has 0 aromatic heterocycles. The van der Waals surface area contributed by atoms with Gasteiger partial charge in [0.15, 0.2) is 0 Å². The molecule has 1 saturated carbocycles. The maximum Gasteiger partial charge on any atom is 0.336 e. The van der Waals surface area contributed by atoms with Crippen molar-refractivity contribution in [3.63, 3.8) is 0 Å². The first-order chi connectivity index (χ1) is 13.2. The van der Waals surface area contributed by atoms with Crippen LogP contribution in [-0.4, -0.2) is 41.7 Å². The zero-order valence-electron chi connectivity index (χ0n) is 15.7. The van der Waals surface area contributed by atoms with Crippen LogP contribution in [0.25, 0.3) is 0 Å². The highest BCUT2D eigenvalue weighted by atomic mass is 16.4. The Morgan fingerprint density at radius 1 is 1.04 bits per heavy atom. The number of likely N-dealkylation sites (tertiary alicyclic amines) is 1. The Hall–Kier alpha value is -2.17. The predicted molar refractivity (Wildman–Crippen MR) is 107 cm³/mol. The molecule has 27 heavy (non-hydrogen) atoms. The number of hydrogen-bond acceptors (Lipinski definition) is 3. The molecule has 0 bridgehead atoms. The van der Waals surface area contributed by atoms with Gasteiger partial charge in [0.1, 0.15) is 0 Å². The summed E-state index contributed by atoms with van der Waals surface area (Å²) in [7, 11) is 0. The van der Waals surface area contributed by atoms with Crippen LogP contribution in [0.15, 0.2) is 54.6 Å². The lowest BCUT2D eigenvalue weighted by atomic mass is 9.96. The molecule has 0 radical (unpaired) electrons. The standard InChI is InChI=1S/C23H28N2O2/c26-23(27)20-9-5-4-8-19(20)16-25-12-10-17(11-13-25)15-24-22-14-21(22)18-6-2-1-3-7-18/h1-9,17,21-22,24H,10-16H2,(H,26,27)/t21-,22+/m0/s1. The minimum absolute atomic E-state index is 0.432. The number of carbonyl (C=O) groups is 1. The van der Waals surface area contributed by atoms with Crippen molar-refractivity contribution in [2.45, 2.75) is 37.8 Å². The van der Waals surface area contributed by atoms with Crippen molar-refractivity contribution in [1.82, 2.24) is 10.2 Å². The number of hydrogen-bond donors (Lipinski definition) is 2. The van der Waals surface area contributed by atoms with Crippen LogP contribution in [0.4, 0.5) is 0 Å². The number of carboxylic acid groups (broad SMARTS) is 1. The summed E-state index contributed by atoms with van der Waals surface area (Å²) in [5.41, 5.74) is 2.81. The fourth-order valence-electron chi connectivity index (χ4n) is 4.26. The molecule has 2 aliphatic rings. The summed E-state index contributed by atoms with van der Waals surface area (Å²) in [4.78, 5) is 13.8. The van der Waals surface area contributed by atoms with Gasteiger partial charge in [-0.2, -0.15) is 0 Å². The molecular formula is C23H28N2O2. The number of carboxylic acids is 1. The van der Waals surface area contributed by atoms with E-state index >= 15 is 0 Å². The van der Waals surface area contributed by atoms with Crippen molar-refractivity contribution in [1.29, 1.82) is 0 Å². The Morgan fingerprint density at radius 3 is 2.48 bits per heavy atom. The fraction of sp³-hybridized carbons (Fsp3) is 0.435. The van der Waals surface area contributed by atoms with Crippen LogP contribution in [0.2, 0.25) is 0 Å². The lowest BCUT2D eigenvalue weighted by molar-refractivity contribution is 0.0693. The van der Waals surface area contributed by atoms with Gasteiger partial charge < -0.3 is 10.4 Å². The highest BCUT2D eigenvalue weighted by molar-refractivity contribution is 5.89. The number of nitrogens with zero attached hydrogens (tertiary/aromatic N) is 1. The molecule has 2 aromatic carbocycles. The topological polar surface area (TPSA) is 52.6 Å². The van der Waals surface area contributed by atoms with Gasteiger partial charge in [-0.1, -0.05) is 48.5 Å². The van der Waals surface area contributed by atoms with E-state index in [0.29, 0.717) is 17.5 Å². The summed E-state index contributed by atoms with van der Waals surface area (Å²) in [5, 5.41) is 13.1. The molecular weight excluding hydrogens is 336 g/mol. The third kappa shape index (κ3) is 4.57. The van der Waals surface area contributed by atoms with Gasteiger partial charge in [0, 0.05) is 18.5 Å². The second kappa shape index (κ2) is 8.24. The molecule has 2 fully saturated rings. The van der Waals surface area contributed by atoms with Gasteiger partial charge in [0.25, 0.3) is 0 Å². The van der Waals surface area contributed by atoms with Gasteiger partial charge in [-0.15, -0.1) is 0 Å². The number of aromatic carboxylic acids is 1. The van der Waals surface area contributed by atoms with E-state index in [9.17, 15) is 9.90 Å². The molecule has 1 aliphatic heterocycles. The van der Waals surface area contributed by atoms with E-state index in [-0.39, 0.29) is 0 Å². The maximum atomic E-state index is 11.4. The molecule has 0 unspecified atom stereocenters. The van der Waals surface area contributed by atoms with E-state index in [2.05, 4.69) is 40.5 Å². The molecule has 4 heteroatoms. The Labute approximate surface area is 161 Å². The first-order valence-corrected chi connectivity index (χ1v) is 10.0. The number of piperidine rings is 1. The molecule has 0 spiro atoms. The number of benzene rings is 2. The van der Waals surface area contributed by atoms with E-state index in [0.717, 1.165) is 37.7 Å². The van der Waals surface area contributed by atoms with E-state index in [1.54, 1.807) is 12.1 Å². The summed E-state index contributed by atoms with van der Waals surface area (Å²) < 4.78 is 0. The molecule has 4 rings (SSSR count). The first kappa shape index (κ1) is 18.2. The monoisotopic (exact) mass is 364 g/mol. The zero-order valence-corrected chi connectivity index (χ0v) is 15.7. The summed E-state index contributed by atoms with van der Waals surface area (Å²) in [6.45, 7) is 3.94. The molecule has 2 aromatic rings. The van der Waals surface area contributed by atoms with Crippen molar-refractivity contribution in [2.75, 3.05) is 19.6 Å². The molecule has 0 amide bonds. The van der Waals surface area contributed by atoms with Crippen LogP contribution in [0.1, 0.15) is 46.7 Å². The Bertz CT molecular complexity index is 769. The van der Waals surface area contributed by atoms with Crippen molar-refractivity contribution in [3.05, 3.63) is 71.3 Å². The molecule has 2 N–H and O–H groups in total. The van der Waals surface area contributed by atoms with Crippen LogP contribution in [0.3, 0.4) is 0 Å². The highest BCUT2D eigenvalue weighted by Crippen LogP contribution is 2.40. The third-order valence-electron chi connectivity index (χ3n) is 6.04. The molecule has 4 nitrogen and oxygen atoms in total. The lowest BCUT2D eigenvalue weighted by Gasteiger charge is -2.32. The minimum atomic E-state index is -0.831. The molecule has 142 valence electrons. The van der Waals surface area contributed by atoms with Crippen molar-refractivity contribution in [3.8, 4) is 0 Å². The van der Waals surface area contributed by atoms with Crippen LogP contribution in [0.5, 0.6) is 0 Å². The Kier molecular flexibility index (Phi) is 5.55. The minimum Gasteiger partial charge on any atom is -0.478 e. The van der Waals surface area contributed by atoms with Gasteiger partial charge >= 0.3 is 5.97 Å². The van der Waals surface area contributed by atoms with E-state index in [1.807, 2.05) is 12.1 Å². The smallest absolute Gasteiger partial charge is 0.336 e. The quantitative estimate of drug-likeness (QED) is 0.786. The lowest BCUT2D eigenvalue weighted by Crippen LogP contribution is -2.37. The normalized spacial score (nSPS) is 23.3. The second-order valence-electron chi connectivity index (χ2n) is 7.95. The first-order valence-electron chi connectivity index (χ1n) is 10.0. The largest absolute Gasteiger partial charge is 0.478 e. The molecule has 1 saturated heterocycles. The average Bonchev–Trinajstić information content (AvgIpc) is 3.48. The van der Waals surface area contributed by atoms with Gasteiger partial charge in [0.2, 0.25) is 0 Å². The van der Waals surface area contributed by atoms with E-state index < -0.39 is 5.97 Å². The molecule has 1 heterocycles. The van der Waals surface area contributed by atoms with Crippen LogP contribution < -0.4 is 5.32 Å². The van der Waals surface area contributed by atoms with Crippen LogP contribution in [0, 0.1) is 5.92 Å². The second-order valence-corrected chi connectivity index (χ2v) is 7.95. The Balaban J connectivity index is 1.21. The summed E-state index contributed by atoms with van der Waals surface area (Å²) in [6, 6.07) is 18.8. The average molecular weight is 364 g/mol. The number of nitrogens with one attached hydrogen (secondary N) is 1. The van der Waals surface area contributed by atoms with E-state index in [1.165, 1.54) is 24.8 Å². The SMILES string of the molecule is O=C(O)c1ccccc1CN1CCC(CN[C@@H]2C[C@H]2c2ccccc2)CC1. The van der Waals surface area contributed by atoms with Crippen LogP contribution in [-0.2, 0) is 6.54 Å².